The van der Waals surface area contributed by atoms with Gasteiger partial charge < -0.3 is 14.6 Å². The average molecular weight is 358 g/mol. The second-order valence-electron chi connectivity index (χ2n) is 7.55. The van der Waals surface area contributed by atoms with E-state index in [9.17, 15) is 4.79 Å². The minimum absolute atomic E-state index is 0.0259. The van der Waals surface area contributed by atoms with Crippen molar-refractivity contribution in [3.05, 3.63) is 35.0 Å². The molecule has 7 heteroatoms. The molecule has 0 radical (unpaired) electrons. The molecule has 0 aromatic carbocycles. The van der Waals surface area contributed by atoms with E-state index in [4.69, 9.17) is 9.26 Å². The fourth-order valence-electron chi connectivity index (χ4n) is 4.16. The van der Waals surface area contributed by atoms with Crippen molar-refractivity contribution in [2.75, 3.05) is 13.2 Å². The van der Waals surface area contributed by atoms with Gasteiger partial charge in [-0.25, -0.2) is 0 Å². The van der Waals surface area contributed by atoms with E-state index in [1.807, 2.05) is 13.0 Å². The van der Waals surface area contributed by atoms with Crippen LogP contribution >= 0.6 is 0 Å². The number of nitrogens with zero attached hydrogens (tertiary/aromatic N) is 2. The Morgan fingerprint density at radius 1 is 1.31 bits per heavy atom. The molecule has 2 atom stereocenters. The fraction of sp³-hybridized carbons (Fsp3) is 0.632. The van der Waals surface area contributed by atoms with Crippen molar-refractivity contribution in [2.24, 2.45) is 5.92 Å². The lowest BCUT2D eigenvalue weighted by molar-refractivity contribution is 0.0923. The topological polar surface area (TPSA) is 93.0 Å². The molecule has 2 aromatic heterocycles. The smallest absolute Gasteiger partial charge is 0.255 e. The number of ether oxygens (including phenoxy) is 1. The number of carbonyl (C=O) groups is 1. The molecule has 2 fully saturated rings. The van der Waals surface area contributed by atoms with Crippen LogP contribution < -0.4 is 5.32 Å². The predicted molar refractivity (Wildman–Crippen MR) is 94.9 cm³/mol. The highest BCUT2D eigenvalue weighted by Gasteiger charge is 2.32. The van der Waals surface area contributed by atoms with Crippen LogP contribution in [0.2, 0.25) is 0 Å². The summed E-state index contributed by atoms with van der Waals surface area (Å²) in [4.78, 5) is 12.9. The fourth-order valence-corrected chi connectivity index (χ4v) is 4.16. The molecular weight excluding hydrogens is 332 g/mol. The molecule has 140 valence electrons. The van der Waals surface area contributed by atoms with Gasteiger partial charge in [0, 0.05) is 24.3 Å². The van der Waals surface area contributed by atoms with Crippen LogP contribution in [0.5, 0.6) is 0 Å². The number of rotatable bonds is 5. The van der Waals surface area contributed by atoms with E-state index in [1.54, 1.807) is 6.20 Å². The Labute approximate surface area is 152 Å². The quantitative estimate of drug-likeness (QED) is 0.857. The van der Waals surface area contributed by atoms with Crippen LogP contribution in [0, 0.1) is 12.8 Å². The maximum Gasteiger partial charge on any atom is 0.255 e. The van der Waals surface area contributed by atoms with Gasteiger partial charge in [0.15, 0.2) is 0 Å². The van der Waals surface area contributed by atoms with Gasteiger partial charge in [-0.1, -0.05) is 24.4 Å². The van der Waals surface area contributed by atoms with Gasteiger partial charge in [0.25, 0.3) is 5.91 Å². The minimum atomic E-state index is -0.0615. The van der Waals surface area contributed by atoms with Crippen molar-refractivity contribution in [3.8, 4) is 0 Å². The van der Waals surface area contributed by atoms with Crippen LogP contribution in [0.1, 0.15) is 65.5 Å². The Bertz CT molecular complexity index is 748. The van der Waals surface area contributed by atoms with Crippen LogP contribution in [0.15, 0.2) is 16.8 Å². The van der Waals surface area contributed by atoms with E-state index in [2.05, 4.69) is 20.7 Å². The highest BCUT2D eigenvalue weighted by atomic mass is 16.5. The molecule has 1 aliphatic carbocycles. The molecule has 0 bridgehead atoms. The summed E-state index contributed by atoms with van der Waals surface area (Å²) in [5, 5.41) is 14.3. The standard InChI is InChI=1S/C19H26N4O3/c1-12-7-15(26-23-12)8-14-10-25-11-17(14)21-19(24)16-9-20-22-18(16)13-5-3-2-4-6-13/h7,9,13-14,17H,2-6,8,10-11H2,1H3,(H,20,22)(H,21,24)/t14-,17+/m1/s1. The summed E-state index contributed by atoms with van der Waals surface area (Å²) in [7, 11) is 0. The van der Waals surface area contributed by atoms with Gasteiger partial charge in [0.05, 0.1) is 42.4 Å². The molecule has 7 nitrogen and oxygen atoms in total. The molecule has 3 heterocycles. The number of hydrogen-bond acceptors (Lipinski definition) is 5. The second kappa shape index (κ2) is 7.61. The Hall–Kier alpha value is -2.15. The van der Waals surface area contributed by atoms with Crippen molar-refractivity contribution >= 4 is 5.91 Å². The van der Waals surface area contributed by atoms with Gasteiger partial charge in [-0.15, -0.1) is 0 Å². The lowest BCUT2D eigenvalue weighted by Gasteiger charge is -2.22. The molecule has 4 rings (SSSR count). The number of carbonyl (C=O) groups excluding carboxylic acids is 1. The first-order valence-electron chi connectivity index (χ1n) is 9.55. The highest BCUT2D eigenvalue weighted by molar-refractivity contribution is 5.95. The van der Waals surface area contributed by atoms with Gasteiger partial charge in [-0.2, -0.15) is 5.10 Å². The summed E-state index contributed by atoms with van der Waals surface area (Å²) in [6.07, 6.45) is 8.36. The van der Waals surface area contributed by atoms with Gasteiger partial charge >= 0.3 is 0 Å². The van der Waals surface area contributed by atoms with Gasteiger partial charge in [0.2, 0.25) is 0 Å². The molecule has 0 unspecified atom stereocenters. The van der Waals surface area contributed by atoms with Crippen LogP contribution in [0.3, 0.4) is 0 Å². The third-order valence-corrected chi connectivity index (χ3v) is 5.58. The van der Waals surface area contributed by atoms with E-state index < -0.39 is 0 Å². The number of nitrogens with one attached hydrogen (secondary N) is 2. The molecule has 2 aliphatic rings. The van der Waals surface area contributed by atoms with E-state index in [0.29, 0.717) is 31.1 Å². The SMILES string of the molecule is Cc1cc(C[C@@H]2COC[C@@H]2NC(=O)c2cn[nH]c2C2CCCCC2)on1. The van der Waals surface area contributed by atoms with Crippen molar-refractivity contribution in [2.45, 2.75) is 57.4 Å². The van der Waals surface area contributed by atoms with Crippen molar-refractivity contribution in [3.63, 3.8) is 0 Å². The van der Waals surface area contributed by atoms with Gasteiger partial charge in [0.1, 0.15) is 5.76 Å². The number of aromatic nitrogens is 3. The molecule has 0 spiro atoms. The maximum atomic E-state index is 12.9. The number of H-pyrrole nitrogens is 1. The number of hydrogen-bond donors (Lipinski definition) is 2. The van der Waals surface area contributed by atoms with Crippen LogP contribution in [-0.4, -0.2) is 40.5 Å². The largest absolute Gasteiger partial charge is 0.379 e. The second-order valence-corrected chi connectivity index (χ2v) is 7.55. The third kappa shape index (κ3) is 3.67. The first kappa shape index (κ1) is 17.3. The zero-order valence-corrected chi connectivity index (χ0v) is 15.2. The van der Waals surface area contributed by atoms with E-state index in [-0.39, 0.29) is 17.9 Å². The highest BCUT2D eigenvalue weighted by Crippen LogP contribution is 2.33. The molecule has 2 N–H and O–H groups in total. The minimum Gasteiger partial charge on any atom is -0.379 e. The molecule has 1 amide bonds. The monoisotopic (exact) mass is 358 g/mol. The third-order valence-electron chi connectivity index (χ3n) is 5.58. The Morgan fingerprint density at radius 3 is 2.92 bits per heavy atom. The number of aromatic amines is 1. The summed E-state index contributed by atoms with van der Waals surface area (Å²) < 4.78 is 10.9. The summed E-state index contributed by atoms with van der Waals surface area (Å²) in [6.45, 7) is 3.05. The maximum absolute atomic E-state index is 12.9. The van der Waals surface area contributed by atoms with Crippen molar-refractivity contribution in [1.29, 1.82) is 0 Å². The van der Waals surface area contributed by atoms with Gasteiger partial charge in [-0.3, -0.25) is 9.89 Å². The summed E-state index contributed by atoms with van der Waals surface area (Å²) in [5.41, 5.74) is 2.54. The zero-order valence-electron chi connectivity index (χ0n) is 15.2. The van der Waals surface area contributed by atoms with Crippen molar-refractivity contribution in [1.82, 2.24) is 20.7 Å². The molecule has 26 heavy (non-hydrogen) atoms. The Morgan fingerprint density at radius 2 is 2.15 bits per heavy atom. The van der Waals surface area contributed by atoms with E-state index in [1.165, 1.54) is 19.3 Å². The molecule has 1 aliphatic heterocycles. The van der Waals surface area contributed by atoms with E-state index >= 15 is 0 Å². The van der Waals surface area contributed by atoms with Crippen LogP contribution in [-0.2, 0) is 11.2 Å². The first-order valence-corrected chi connectivity index (χ1v) is 9.55. The molecule has 1 saturated heterocycles. The number of aryl methyl sites for hydroxylation is 1. The summed E-state index contributed by atoms with van der Waals surface area (Å²) in [5.74, 6) is 1.38. The summed E-state index contributed by atoms with van der Waals surface area (Å²) in [6, 6.07) is 1.91. The molecule has 1 saturated carbocycles. The van der Waals surface area contributed by atoms with Crippen molar-refractivity contribution < 1.29 is 14.1 Å². The Balaban J connectivity index is 1.42. The first-order chi connectivity index (χ1) is 12.7. The lowest BCUT2D eigenvalue weighted by atomic mass is 9.85. The summed E-state index contributed by atoms with van der Waals surface area (Å²) >= 11 is 0. The number of amides is 1. The van der Waals surface area contributed by atoms with Gasteiger partial charge in [-0.05, 0) is 19.8 Å². The predicted octanol–water partition coefficient (Wildman–Crippen LogP) is 2.74. The lowest BCUT2D eigenvalue weighted by Crippen LogP contribution is -2.40. The average Bonchev–Trinajstić information content (AvgIpc) is 3.38. The zero-order chi connectivity index (χ0) is 17.9. The van der Waals surface area contributed by atoms with Crippen LogP contribution in [0.25, 0.3) is 0 Å². The van der Waals surface area contributed by atoms with Crippen LogP contribution in [0.4, 0.5) is 0 Å². The van der Waals surface area contributed by atoms with E-state index in [0.717, 1.165) is 30.0 Å². The normalized spacial score (nSPS) is 24.0. The molecular formula is C19H26N4O3. The Kier molecular flexibility index (Phi) is 5.06. The molecule has 2 aromatic rings.